The summed E-state index contributed by atoms with van der Waals surface area (Å²) >= 11 is 0. The van der Waals surface area contributed by atoms with Gasteiger partial charge in [-0.15, -0.1) is 0 Å². The third kappa shape index (κ3) is 5.16. The van der Waals surface area contributed by atoms with Gasteiger partial charge in [0.1, 0.15) is 6.67 Å². The van der Waals surface area contributed by atoms with E-state index in [0.29, 0.717) is 6.54 Å². The summed E-state index contributed by atoms with van der Waals surface area (Å²) < 4.78 is 17.0. The summed E-state index contributed by atoms with van der Waals surface area (Å²) in [5.74, 6) is 0. The van der Waals surface area contributed by atoms with Crippen LogP contribution in [0.2, 0.25) is 0 Å². The monoisotopic (exact) mass is 163 g/mol. The van der Waals surface area contributed by atoms with E-state index in [-0.39, 0.29) is 12.8 Å². The fourth-order valence-corrected chi connectivity index (χ4v) is 0.936. The highest BCUT2D eigenvalue weighted by molar-refractivity contribution is 4.59. The van der Waals surface area contributed by atoms with Gasteiger partial charge in [0.2, 0.25) is 0 Å². The standard InChI is InChI=1S/C8H18FNO/c1-4-10(6-5-9)7-8(2)11-3/h8H,4-7H2,1-3H3/t8-/m0/s1. The molecule has 0 saturated heterocycles. The first-order valence-electron chi connectivity index (χ1n) is 4.05. The van der Waals surface area contributed by atoms with Crippen LogP contribution in [-0.4, -0.2) is 44.4 Å². The van der Waals surface area contributed by atoms with Gasteiger partial charge >= 0.3 is 0 Å². The summed E-state index contributed by atoms with van der Waals surface area (Å²) in [6, 6.07) is 0. The molecule has 2 nitrogen and oxygen atoms in total. The number of halogens is 1. The third-order valence-electron chi connectivity index (χ3n) is 1.77. The summed E-state index contributed by atoms with van der Waals surface area (Å²) in [6.07, 6.45) is 0.196. The molecule has 0 spiro atoms. The molecule has 11 heavy (non-hydrogen) atoms. The maximum absolute atomic E-state index is 11.9. The van der Waals surface area contributed by atoms with Gasteiger partial charge in [0, 0.05) is 20.2 Å². The topological polar surface area (TPSA) is 12.5 Å². The van der Waals surface area contributed by atoms with Crippen LogP contribution in [0.15, 0.2) is 0 Å². The second-order valence-electron chi connectivity index (χ2n) is 2.63. The summed E-state index contributed by atoms with van der Waals surface area (Å²) in [5, 5.41) is 0. The van der Waals surface area contributed by atoms with Gasteiger partial charge in [0.05, 0.1) is 6.10 Å². The summed E-state index contributed by atoms with van der Waals surface area (Å²) in [7, 11) is 1.67. The molecule has 0 aliphatic heterocycles. The Morgan fingerprint density at radius 2 is 2.18 bits per heavy atom. The highest BCUT2D eigenvalue weighted by Gasteiger charge is 2.06. The van der Waals surface area contributed by atoms with Crippen molar-refractivity contribution >= 4 is 0 Å². The van der Waals surface area contributed by atoms with Gasteiger partial charge in [-0.1, -0.05) is 6.92 Å². The van der Waals surface area contributed by atoms with Crippen molar-refractivity contribution in [2.75, 3.05) is 33.4 Å². The molecule has 0 rings (SSSR count). The molecule has 0 aliphatic rings. The Bertz CT molecular complexity index is 90.2. The molecule has 0 saturated carbocycles. The van der Waals surface area contributed by atoms with Gasteiger partial charge in [-0.2, -0.15) is 0 Å². The molecule has 0 aliphatic carbocycles. The maximum Gasteiger partial charge on any atom is 0.102 e. The molecular formula is C8H18FNO. The predicted octanol–water partition coefficient (Wildman–Crippen LogP) is 1.31. The lowest BCUT2D eigenvalue weighted by atomic mass is 10.3. The summed E-state index contributed by atoms with van der Waals surface area (Å²) in [6.45, 7) is 5.96. The Balaban J connectivity index is 3.49. The molecule has 0 amide bonds. The number of rotatable bonds is 6. The quantitative estimate of drug-likeness (QED) is 0.585. The lowest BCUT2D eigenvalue weighted by molar-refractivity contribution is 0.0767. The number of methoxy groups -OCH3 is 1. The highest BCUT2D eigenvalue weighted by atomic mass is 19.1. The average molecular weight is 163 g/mol. The Morgan fingerprint density at radius 1 is 1.55 bits per heavy atom. The number of nitrogens with zero attached hydrogens (tertiary/aromatic N) is 1. The first kappa shape index (κ1) is 10.8. The Hall–Kier alpha value is -0.150. The smallest absolute Gasteiger partial charge is 0.102 e. The van der Waals surface area contributed by atoms with Crippen LogP contribution in [0.1, 0.15) is 13.8 Å². The van der Waals surface area contributed by atoms with Crippen LogP contribution in [0, 0.1) is 0 Å². The van der Waals surface area contributed by atoms with Gasteiger partial charge in [-0.05, 0) is 13.5 Å². The number of hydrogen-bond acceptors (Lipinski definition) is 2. The van der Waals surface area contributed by atoms with E-state index < -0.39 is 0 Å². The molecule has 0 fully saturated rings. The van der Waals surface area contributed by atoms with Crippen LogP contribution in [0.4, 0.5) is 4.39 Å². The van der Waals surface area contributed by atoms with E-state index >= 15 is 0 Å². The van der Waals surface area contributed by atoms with Gasteiger partial charge in [0.25, 0.3) is 0 Å². The zero-order chi connectivity index (χ0) is 8.69. The zero-order valence-corrected chi connectivity index (χ0v) is 7.64. The van der Waals surface area contributed by atoms with E-state index in [4.69, 9.17) is 4.74 Å². The molecule has 0 N–H and O–H groups in total. The molecule has 3 heteroatoms. The fourth-order valence-electron chi connectivity index (χ4n) is 0.936. The fraction of sp³-hybridized carbons (Fsp3) is 1.00. The van der Waals surface area contributed by atoms with Gasteiger partial charge in [0.15, 0.2) is 0 Å². The molecule has 0 bridgehead atoms. The van der Waals surface area contributed by atoms with Gasteiger partial charge < -0.3 is 4.74 Å². The van der Waals surface area contributed by atoms with Crippen LogP contribution < -0.4 is 0 Å². The van der Waals surface area contributed by atoms with Crippen molar-refractivity contribution in [1.82, 2.24) is 4.90 Å². The molecule has 0 heterocycles. The second kappa shape index (κ2) is 6.55. The largest absolute Gasteiger partial charge is 0.380 e. The summed E-state index contributed by atoms with van der Waals surface area (Å²) in [4.78, 5) is 2.04. The first-order chi connectivity index (χ1) is 5.24. The van der Waals surface area contributed by atoms with E-state index in [0.717, 1.165) is 13.1 Å². The van der Waals surface area contributed by atoms with E-state index in [9.17, 15) is 4.39 Å². The predicted molar refractivity (Wildman–Crippen MR) is 44.6 cm³/mol. The van der Waals surface area contributed by atoms with Crippen LogP contribution in [-0.2, 0) is 4.74 Å². The minimum atomic E-state index is -0.274. The minimum absolute atomic E-state index is 0.196. The van der Waals surface area contributed by atoms with Crippen LogP contribution >= 0.6 is 0 Å². The van der Waals surface area contributed by atoms with E-state index in [1.165, 1.54) is 0 Å². The number of likely N-dealkylation sites (N-methyl/N-ethyl adjacent to an activating group) is 1. The van der Waals surface area contributed by atoms with Crippen LogP contribution in [0.3, 0.4) is 0 Å². The average Bonchev–Trinajstić information content (AvgIpc) is 2.03. The maximum atomic E-state index is 11.9. The number of alkyl halides is 1. The van der Waals surface area contributed by atoms with Crippen molar-refractivity contribution in [3.63, 3.8) is 0 Å². The Labute approximate surface area is 68.3 Å². The Kier molecular flexibility index (Phi) is 6.46. The SMILES string of the molecule is CCN(CCF)C[C@H](C)OC. The molecule has 68 valence electrons. The van der Waals surface area contributed by atoms with Crippen molar-refractivity contribution in [1.29, 1.82) is 0 Å². The lowest BCUT2D eigenvalue weighted by Crippen LogP contribution is -2.33. The van der Waals surface area contributed by atoms with E-state index in [2.05, 4.69) is 0 Å². The molecule has 0 radical (unpaired) electrons. The van der Waals surface area contributed by atoms with E-state index in [1.807, 2.05) is 18.7 Å². The third-order valence-corrected chi connectivity index (χ3v) is 1.77. The van der Waals surface area contributed by atoms with Crippen molar-refractivity contribution < 1.29 is 9.13 Å². The van der Waals surface area contributed by atoms with E-state index in [1.54, 1.807) is 7.11 Å². The van der Waals surface area contributed by atoms with Crippen LogP contribution in [0.5, 0.6) is 0 Å². The molecular weight excluding hydrogens is 145 g/mol. The second-order valence-corrected chi connectivity index (χ2v) is 2.63. The number of ether oxygens (including phenoxy) is 1. The molecule has 0 aromatic rings. The Morgan fingerprint density at radius 3 is 2.55 bits per heavy atom. The molecule has 0 aromatic heterocycles. The highest BCUT2D eigenvalue weighted by Crippen LogP contribution is 1.94. The lowest BCUT2D eigenvalue weighted by Gasteiger charge is -2.21. The molecule has 1 atom stereocenters. The zero-order valence-electron chi connectivity index (χ0n) is 7.64. The van der Waals surface area contributed by atoms with Crippen molar-refractivity contribution in [2.24, 2.45) is 0 Å². The minimum Gasteiger partial charge on any atom is -0.380 e. The van der Waals surface area contributed by atoms with Crippen LogP contribution in [0.25, 0.3) is 0 Å². The van der Waals surface area contributed by atoms with Crippen molar-refractivity contribution in [3.8, 4) is 0 Å². The molecule has 0 unspecified atom stereocenters. The summed E-state index contributed by atoms with van der Waals surface area (Å²) in [5.41, 5.74) is 0. The molecule has 0 aromatic carbocycles. The van der Waals surface area contributed by atoms with Crippen molar-refractivity contribution in [3.05, 3.63) is 0 Å². The van der Waals surface area contributed by atoms with Gasteiger partial charge in [-0.25, -0.2) is 4.39 Å². The normalized spacial score (nSPS) is 13.9. The van der Waals surface area contributed by atoms with Crippen molar-refractivity contribution in [2.45, 2.75) is 20.0 Å². The first-order valence-corrected chi connectivity index (χ1v) is 4.05. The van der Waals surface area contributed by atoms with Gasteiger partial charge in [-0.3, -0.25) is 4.90 Å². The number of hydrogen-bond donors (Lipinski definition) is 0.